The van der Waals surface area contributed by atoms with Crippen LogP contribution in [-0.2, 0) is 0 Å². The molecule has 0 N–H and O–H groups in total. The first kappa shape index (κ1) is 12.6. The van der Waals surface area contributed by atoms with E-state index < -0.39 is 0 Å². The maximum atomic E-state index is 5.64. The molecule has 0 spiro atoms. The first-order valence-corrected chi connectivity index (χ1v) is 5.39. The van der Waals surface area contributed by atoms with Gasteiger partial charge in [-0.25, -0.2) is 0 Å². The predicted molar refractivity (Wildman–Crippen MR) is 67.0 cm³/mol. The van der Waals surface area contributed by atoms with Crippen molar-refractivity contribution in [3.8, 4) is 11.5 Å². The van der Waals surface area contributed by atoms with Gasteiger partial charge in [0.25, 0.3) is 0 Å². The number of methoxy groups -OCH3 is 1. The van der Waals surface area contributed by atoms with E-state index in [4.69, 9.17) is 9.47 Å². The molecule has 1 aromatic carbocycles. The molecule has 0 atom stereocenters. The number of allylic oxidation sites excluding steroid dienone is 1. The quantitative estimate of drug-likeness (QED) is 0.753. The van der Waals surface area contributed by atoms with Crippen molar-refractivity contribution in [1.29, 1.82) is 0 Å². The Morgan fingerprint density at radius 2 is 2.00 bits per heavy atom. The van der Waals surface area contributed by atoms with Gasteiger partial charge in [-0.1, -0.05) is 19.1 Å². The van der Waals surface area contributed by atoms with Crippen LogP contribution in [-0.4, -0.2) is 13.2 Å². The maximum Gasteiger partial charge on any atom is 0.161 e. The van der Waals surface area contributed by atoms with E-state index in [0.29, 0.717) is 0 Å². The largest absolute Gasteiger partial charge is 0.493 e. The molecule has 87 valence electrons. The van der Waals surface area contributed by atoms with E-state index in [0.717, 1.165) is 23.0 Å². The van der Waals surface area contributed by atoms with E-state index in [1.54, 1.807) is 7.11 Å². The van der Waals surface area contributed by atoms with Crippen molar-refractivity contribution >= 4 is 0 Å². The number of hydrogen-bond donors (Lipinski definition) is 0. The Bertz CT molecular complexity index is 356. The van der Waals surface area contributed by atoms with Crippen LogP contribution in [0.1, 0.15) is 26.3 Å². The second-order valence-corrected chi connectivity index (χ2v) is 3.92. The summed E-state index contributed by atoms with van der Waals surface area (Å²) in [6, 6.07) is 5.91. The number of hydrogen-bond acceptors (Lipinski definition) is 2. The van der Waals surface area contributed by atoms with Crippen molar-refractivity contribution in [2.45, 2.75) is 26.9 Å². The summed E-state index contributed by atoms with van der Waals surface area (Å²) in [4.78, 5) is 0. The zero-order chi connectivity index (χ0) is 12.1. The smallest absolute Gasteiger partial charge is 0.161 e. The van der Waals surface area contributed by atoms with E-state index in [2.05, 4.69) is 6.58 Å². The molecule has 0 fully saturated rings. The third-order valence-corrected chi connectivity index (χ3v) is 2.29. The number of benzene rings is 1. The zero-order valence-corrected chi connectivity index (χ0v) is 10.4. The summed E-state index contributed by atoms with van der Waals surface area (Å²) >= 11 is 0. The highest BCUT2D eigenvalue weighted by atomic mass is 16.5. The third-order valence-electron chi connectivity index (χ3n) is 2.29. The van der Waals surface area contributed by atoms with Crippen molar-refractivity contribution in [1.82, 2.24) is 0 Å². The molecule has 1 radical (unpaired) electrons. The van der Waals surface area contributed by atoms with Crippen molar-refractivity contribution in [2.24, 2.45) is 0 Å². The van der Waals surface area contributed by atoms with Crippen LogP contribution < -0.4 is 9.47 Å². The lowest BCUT2D eigenvalue weighted by atomic mass is 10.0. The summed E-state index contributed by atoms with van der Waals surface area (Å²) in [5.74, 6) is 2.65. The zero-order valence-electron chi connectivity index (χ0n) is 10.4. The van der Waals surface area contributed by atoms with E-state index >= 15 is 0 Å². The van der Waals surface area contributed by atoms with Crippen LogP contribution in [0.25, 0.3) is 0 Å². The fourth-order valence-corrected chi connectivity index (χ4v) is 1.38. The van der Waals surface area contributed by atoms with Gasteiger partial charge in [-0.2, -0.15) is 0 Å². The molecule has 0 unspecified atom stereocenters. The molecule has 1 rings (SSSR count). The monoisotopic (exact) mass is 219 g/mol. The van der Waals surface area contributed by atoms with Crippen LogP contribution in [0.4, 0.5) is 0 Å². The van der Waals surface area contributed by atoms with Crippen LogP contribution >= 0.6 is 0 Å². The topological polar surface area (TPSA) is 18.5 Å². The summed E-state index contributed by atoms with van der Waals surface area (Å²) in [7, 11) is 1.65. The van der Waals surface area contributed by atoms with E-state index in [1.165, 1.54) is 0 Å². The second-order valence-electron chi connectivity index (χ2n) is 3.92. The minimum Gasteiger partial charge on any atom is -0.493 e. The summed E-state index contributed by atoms with van der Waals surface area (Å²) < 4.78 is 11.0. The highest BCUT2D eigenvalue weighted by Crippen LogP contribution is 2.31. The van der Waals surface area contributed by atoms with Crippen LogP contribution in [0.15, 0.2) is 30.9 Å². The Kier molecular flexibility index (Phi) is 4.41. The van der Waals surface area contributed by atoms with Crippen molar-refractivity contribution in [3.05, 3.63) is 42.3 Å². The average Bonchev–Trinajstić information content (AvgIpc) is 2.27. The molecule has 0 amide bonds. The van der Waals surface area contributed by atoms with Crippen molar-refractivity contribution in [3.63, 3.8) is 0 Å². The van der Waals surface area contributed by atoms with Gasteiger partial charge in [-0.05, 0) is 31.5 Å². The van der Waals surface area contributed by atoms with E-state index in [-0.39, 0.29) is 6.10 Å². The van der Waals surface area contributed by atoms with Gasteiger partial charge in [-0.3, -0.25) is 0 Å². The van der Waals surface area contributed by atoms with Gasteiger partial charge in [-0.15, -0.1) is 6.58 Å². The van der Waals surface area contributed by atoms with Gasteiger partial charge in [0, 0.05) is 5.92 Å². The highest BCUT2D eigenvalue weighted by molar-refractivity contribution is 5.48. The van der Waals surface area contributed by atoms with Crippen molar-refractivity contribution in [2.75, 3.05) is 7.11 Å². The molecular weight excluding hydrogens is 200 g/mol. The third kappa shape index (κ3) is 3.02. The average molecular weight is 219 g/mol. The molecule has 0 heterocycles. The molecule has 0 aliphatic heterocycles. The summed E-state index contributed by atoms with van der Waals surface area (Å²) in [5, 5.41) is 0. The molecule has 1 aromatic rings. The Morgan fingerprint density at radius 3 is 2.50 bits per heavy atom. The number of ether oxygens (including phenoxy) is 2. The molecule has 0 aliphatic carbocycles. The SMILES string of the molecule is C=C[C](C)c1ccc(OC(C)C)c(OC)c1. The molecule has 2 nitrogen and oxygen atoms in total. The molecular formula is C14H19O2. The van der Waals surface area contributed by atoms with Gasteiger partial charge < -0.3 is 9.47 Å². The molecule has 0 aromatic heterocycles. The normalized spacial score (nSPS) is 10.6. The van der Waals surface area contributed by atoms with Gasteiger partial charge in [0.05, 0.1) is 13.2 Å². The predicted octanol–water partition coefficient (Wildman–Crippen LogP) is 3.61. The summed E-state index contributed by atoms with van der Waals surface area (Å²) in [6.45, 7) is 9.76. The summed E-state index contributed by atoms with van der Waals surface area (Å²) in [6.07, 6.45) is 1.97. The van der Waals surface area contributed by atoms with Crippen LogP contribution in [0, 0.1) is 5.92 Å². The van der Waals surface area contributed by atoms with Crippen LogP contribution in [0.2, 0.25) is 0 Å². The Balaban J connectivity index is 3.01. The molecule has 2 heteroatoms. The van der Waals surface area contributed by atoms with Gasteiger partial charge in [0.15, 0.2) is 11.5 Å². The first-order chi connectivity index (χ1) is 7.58. The Hall–Kier alpha value is -1.44. The molecule has 16 heavy (non-hydrogen) atoms. The molecule has 0 bridgehead atoms. The second kappa shape index (κ2) is 5.59. The molecule has 0 aliphatic rings. The minimum atomic E-state index is 0.143. The van der Waals surface area contributed by atoms with Gasteiger partial charge in [0.1, 0.15) is 0 Å². The van der Waals surface area contributed by atoms with Gasteiger partial charge in [0.2, 0.25) is 0 Å². The lowest BCUT2D eigenvalue weighted by molar-refractivity contribution is 0.230. The standard InChI is InChI=1S/C14H19O2/c1-6-11(4)12-7-8-13(16-10(2)3)14(9-12)15-5/h6-10H,1H2,2-5H3. The van der Waals surface area contributed by atoms with E-state index in [1.807, 2.05) is 45.0 Å². The minimum absolute atomic E-state index is 0.143. The fourth-order valence-electron chi connectivity index (χ4n) is 1.38. The highest BCUT2D eigenvalue weighted by Gasteiger charge is 2.09. The molecule has 0 saturated heterocycles. The van der Waals surface area contributed by atoms with Crippen molar-refractivity contribution < 1.29 is 9.47 Å². The summed E-state index contributed by atoms with van der Waals surface area (Å²) in [5.41, 5.74) is 1.10. The van der Waals surface area contributed by atoms with Crippen LogP contribution in [0.5, 0.6) is 11.5 Å². The Labute approximate surface area is 97.9 Å². The fraction of sp³-hybridized carbons (Fsp3) is 0.357. The van der Waals surface area contributed by atoms with Crippen LogP contribution in [0.3, 0.4) is 0 Å². The lowest BCUT2D eigenvalue weighted by Crippen LogP contribution is -2.07. The molecule has 0 saturated carbocycles. The van der Waals surface area contributed by atoms with E-state index in [9.17, 15) is 0 Å². The lowest BCUT2D eigenvalue weighted by Gasteiger charge is -2.15. The maximum absolute atomic E-state index is 5.64. The Morgan fingerprint density at radius 1 is 1.31 bits per heavy atom. The first-order valence-electron chi connectivity index (χ1n) is 5.39. The number of rotatable bonds is 5. The van der Waals surface area contributed by atoms with Gasteiger partial charge >= 0.3 is 0 Å².